The number of H-pyrrole nitrogens is 1. The molecule has 0 spiro atoms. The van der Waals surface area contributed by atoms with Crippen LogP contribution in [0.2, 0.25) is 0 Å². The third-order valence-corrected chi connectivity index (χ3v) is 11.3. The first-order chi connectivity index (χ1) is 30.3. The van der Waals surface area contributed by atoms with Gasteiger partial charge in [0.15, 0.2) is 5.96 Å². The number of nitrogens with two attached hydrogens (primary N) is 2. The summed E-state index contributed by atoms with van der Waals surface area (Å²) in [5.74, 6) is -5.11. The molecule has 0 radical (unpaired) electrons. The highest BCUT2D eigenvalue weighted by atomic mass is 16.2. The molecule has 334 valence electrons. The van der Waals surface area contributed by atoms with Gasteiger partial charge in [-0.25, -0.2) is 0 Å². The number of carbonyl (C=O) groups excluding carboxylic acids is 7. The van der Waals surface area contributed by atoms with Crippen molar-refractivity contribution >= 4 is 58.2 Å². The van der Waals surface area contributed by atoms with Crippen LogP contribution in [-0.4, -0.2) is 82.5 Å². The minimum Gasteiger partial charge on any atom is -0.370 e. The van der Waals surface area contributed by atoms with E-state index in [0.29, 0.717) is 43.2 Å². The second kappa shape index (κ2) is 22.7. The summed E-state index contributed by atoms with van der Waals surface area (Å²) in [6.07, 6.45) is 4.51. The molecule has 3 aromatic carbocycles. The second-order valence-corrected chi connectivity index (χ2v) is 16.0. The smallest absolute Gasteiger partial charge is 0.246 e. The number of benzene rings is 3. The minimum absolute atomic E-state index is 0.00277. The van der Waals surface area contributed by atoms with E-state index in [4.69, 9.17) is 16.9 Å². The Balaban J connectivity index is 1.42. The van der Waals surface area contributed by atoms with Gasteiger partial charge in [0.2, 0.25) is 41.4 Å². The lowest BCUT2D eigenvalue weighted by Gasteiger charge is -2.40. The van der Waals surface area contributed by atoms with Crippen LogP contribution >= 0.6 is 0 Å². The predicted octanol–water partition coefficient (Wildman–Crippen LogP) is 2.20. The fourth-order valence-electron chi connectivity index (χ4n) is 7.93. The number of guanidine groups is 1. The van der Waals surface area contributed by atoms with E-state index in [1.165, 1.54) is 0 Å². The van der Waals surface area contributed by atoms with Crippen molar-refractivity contribution in [2.75, 3.05) is 6.54 Å². The Morgan fingerprint density at radius 3 is 2.03 bits per heavy atom. The van der Waals surface area contributed by atoms with Gasteiger partial charge in [0.1, 0.15) is 23.7 Å². The highest BCUT2D eigenvalue weighted by molar-refractivity contribution is 5.98. The molecular formula is C46H58N10O7. The highest BCUT2D eigenvalue weighted by Gasteiger charge is 2.44. The maximum absolute atomic E-state index is 14.6. The number of hydrogen-bond donors (Lipinski definition) is 10. The van der Waals surface area contributed by atoms with Gasteiger partial charge >= 0.3 is 0 Å². The summed E-state index contributed by atoms with van der Waals surface area (Å²) in [5, 5.41) is 24.2. The number of unbranched alkanes of at least 4 members (excludes halogenated alkanes) is 1. The van der Waals surface area contributed by atoms with Gasteiger partial charge in [0.05, 0.1) is 6.54 Å². The maximum atomic E-state index is 14.6. The van der Waals surface area contributed by atoms with Crippen molar-refractivity contribution in [3.05, 3.63) is 108 Å². The molecule has 1 aromatic heterocycles. The van der Waals surface area contributed by atoms with Crippen molar-refractivity contribution in [3.63, 3.8) is 0 Å². The summed E-state index contributed by atoms with van der Waals surface area (Å²) in [6.45, 7) is 1.47. The fourth-order valence-corrected chi connectivity index (χ4v) is 7.93. The van der Waals surface area contributed by atoms with Crippen LogP contribution in [0.3, 0.4) is 0 Å². The largest absolute Gasteiger partial charge is 0.370 e. The van der Waals surface area contributed by atoms with E-state index in [1.54, 1.807) is 30.5 Å². The SMILES string of the molecule is CCCCC(=O)N[C@]1(C(=O)N[C@H](Cc2ccccc2)C(=O)N[C@@H](CCC(=O)NC(=N)N)C(=O)N[C@@H](Cc2c[nH]c3ccccc23)C(=O)NCC(N)=O)CC[C@H](c2ccccc2)CC1. The third-order valence-electron chi connectivity index (χ3n) is 11.3. The lowest BCUT2D eigenvalue weighted by molar-refractivity contribution is -0.138. The molecule has 1 fully saturated rings. The summed E-state index contributed by atoms with van der Waals surface area (Å²) in [7, 11) is 0. The molecule has 0 saturated heterocycles. The third kappa shape index (κ3) is 13.7. The Bertz CT molecular complexity index is 2240. The molecule has 1 heterocycles. The van der Waals surface area contributed by atoms with Crippen molar-refractivity contribution < 1.29 is 33.6 Å². The molecule has 0 aliphatic heterocycles. The number of carbonyl (C=O) groups is 7. The molecule has 17 nitrogen and oxygen atoms in total. The normalized spacial score (nSPS) is 17.3. The molecule has 1 aliphatic carbocycles. The molecule has 5 rings (SSSR count). The summed E-state index contributed by atoms with van der Waals surface area (Å²) in [5.41, 5.74) is 12.6. The van der Waals surface area contributed by atoms with Crippen LogP contribution in [0, 0.1) is 5.41 Å². The van der Waals surface area contributed by atoms with Crippen molar-refractivity contribution in [2.24, 2.45) is 11.5 Å². The fraction of sp³-hybridized carbons (Fsp3) is 0.391. The molecule has 4 aromatic rings. The second-order valence-electron chi connectivity index (χ2n) is 16.0. The van der Waals surface area contributed by atoms with E-state index in [1.807, 2.05) is 67.6 Å². The maximum Gasteiger partial charge on any atom is 0.246 e. The van der Waals surface area contributed by atoms with Crippen molar-refractivity contribution in [2.45, 2.75) is 107 Å². The van der Waals surface area contributed by atoms with Crippen LogP contribution in [0.4, 0.5) is 0 Å². The first-order valence-electron chi connectivity index (χ1n) is 21.3. The minimum atomic E-state index is -1.45. The van der Waals surface area contributed by atoms with Gasteiger partial charge in [-0.15, -0.1) is 0 Å². The zero-order chi connectivity index (χ0) is 45.4. The first kappa shape index (κ1) is 47.0. The highest BCUT2D eigenvalue weighted by Crippen LogP contribution is 2.38. The summed E-state index contributed by atoms with van der Waals surface area (Å²) in [4.78, 5) is 97.7. The summed E-state index contributed by atoms with van der Waals surface area (Å²) in [6, 6.07) is 22.3. The van der Waals surface area contributed by atoms with Crippen molar-refractivity contribution in [3.8, 4) is 0 Å². The Labute approximate surface area is 366 Å². The Kier molecular flexibility index (Phi) is 16.9. The number of aromatic amines is 1. The van der Waals surface area contributed by atoms with Crippen LogP contribution in [0.1, 0.15) is 87.3 Å². The molecule has 63 heavy (non-hydrogen) atoms. The van der Waals surface area contributed by atoms with E-state index >= 15 is 0 Å². The number of nitrogens with one attached hydrogen (secondary N) is 8. The molecule has 0 unspecified atom stereocenters. The van der Waals surface area contributed by atoms with Gasteiger partial charge < -0.3 is 43.0 Å². The number of hydrogen-bond acceptors (Lipinski definition) is 8. The van der Waals surface area contributed by atoms with Crippen molar-refractivity contribution in [1.82, 2.24) is 36.9 Å². The van der Waals surface area contributed by atoms with Crippen LogP contribution < -0.4 is 43.4 Å². The van der Waals surface area contributed by atoms with Gasteiger partial charge in [-0.3, -0.25) is 44.3 Å². The van der Waals surface area contributed by atoms with Crippen LogP contribution in [0.25, 0.3) is 10.9 Å². The molecule has 17 heteroatoms. The molecule has 3 atom stereocenters. The first-order valence-corrected chi connectivity index (χ1v) is 21.3. The lowest BCUT2D eigenvalue weighted by atomic mass is 9.73. The molecule has 1 aliphatic rings. The van der Waals surface area contributed by atoms with Gasteiger partial charge in [-0.1, -0.05) is 92.2 Å². The number of rotatable bonds is 21. The molecular weight excluding hydrogens is 805 g/mol. The summed E-state index contributed by atoms with van der Waals surface area (Å²) >= 11 is 0. The summed E-state index contributed by atoms with van der Waals surface area (Å²) < 4.78 is 0. The van der Waals surface area contributed by atoms with Crippen molar-refractivity contribution in [1.29, 1.82) is 5.41 Å². The molecule has 7 amide bonds. The number of para-hydroxylation sites is 1. The van der Waals surface area contributed by atoms with Gasteiger partial charge in [0, 0.05) is 42.8 Å². The zero-order valence-electron chi connectivity index (χ0n) is 35.5. The topological polar surface area (TPSA) is 283 Å². The van der Waals surface area contributed by atoms with Gasteiger partial charge in [-0.2, -0.15) is 0 Å². The number of fused-ring (bicyclic) bond motifs is 1. The number of amides is 7. The molecule has 1 saturated carbocycles. The van der Waals surface area contributed by atoms with E-state index < -0.39 is 71.6 Å². The van der Waals surface area contributed by atoms with E-state index in [2.05, 4.69) is 36.9 Å². The zero-order valence-corrected chi connectivity index (χ0v) is 35.5. The average molecular weight is 863 g/mol. The lowest BCUT2D eigenvalue weighted by Crippen LogP contribution is -2.64. The van der Waals surface area contributed by atoms with Crippen LogP contribution in [0.5, 0.6) is 0 Å². The van der Waals surface area contributed by atoms with Crippen LogP contribution in [0.15, 0.2) is 91.1 Å². The quantitative estimate of drug-likeness (QED) is 0.0437. The standard InChI is InChI=1S/C46H58N10O7/c1-2-3-18-40(59)56-46(23-21-31(22-24-46)30-14-8-5-9-15-30)44(63)54-36(25-29-12-6-4-7-13-29)43(62)52-35(19-20-39(58)55-45(48)49)42(61)53-37(41(60)51-28-38(47)57)26-32-27-50-34-17-11-10-16-33(32)34/h4-17,27,31,35-37,50H,2-3,18-26,28H2,1H3,(H2,47,57)(H,51,60)(H,52,62)(H,53,61)(H,54,63)(H,56,59)(H4,48,49,55,58)/t31-,35-,36+,37-,46+/m0/s1. The van der Waals surface area contributed by atoms with E-state index in [-0.39, 0.29) is 43.9 Å². The van der Waals surface area contributed by atoms with Gasteiger partial charge in [-0.05, 0) is 67.2 Å². The molecule has 0 bridgehead atoms. The predicted molar refractivity (Wildman–Crippen MR) is 237 cm³/mol. The number of aromatic nitrogens is 1. The number of primary amides is 1. The Morgan fingerprint density at radius 2 is 1.37 bits per heavy atom. The monoisotopic (exact) mass is 862 g/mol. The van der Waals surface area contributed by atoms with Crippen LogP contribution in [-0.2, 0) is 46.4 Å². The van der Waals surface area contributed by atoms with E-state index in [9.17, 15) is 33.6 Å². The molecule has 12 N–H and O–H groups in total. The Morgan fingerprint density at radius 1 is 0.746 bits per heavy atom. The average Bonchev–Trinajstić information content (AvgIpc) is 3.68. The van der Waals surface area contributed by atoms with E-state index in [0.717, 1.165) is 22.9 Å². The van der Waals surface area contributed by atoms with Gasteiger partial charge in [0.25, 0.3) is 0 Å². The Hall–Kier alpha value is -7.04.